The van der Waals surface area contributed by atoms with Crippen molar-refractivity contribution in [2.75, 3.05) is 6.54 Å². The van der Waals surface area contributed by atoms with Gasteiger partial charge in [-0.1, -0.05) is 43.7 Å². The van der Waals surface area contributed by atoms with Gasteiger partial charge in [0.15, 0.2) is 0 Å². The van der Waals surface area contributed by atoms with Crippen LogP contribution in [0.2, 0.25) is 0 Å². The molecule has 3 nitrogen and oxygen atoms in total. The molecule has 0 atom stereocenters. The van der Waals surface area contributed by atoms with Crippen molar-refractivity contribution in [1.29, 1.82) is 0 Å². The van der Waals surface area contributed by atoms with Gasteiger partial charge in [-0.15, -0.1) is 0 Å². The van der Waals surface area contributed by atoms with Crippen molar-refractivity contribution in [1.82, 2.24) is 4.72 Å². The van der Waals surface area contributed by atoms with Crippen molar-refractivity contribution in [3.05, 3.63) is 35.9 Å². The van der Waals surface area contributed by atoms with Crippen LogP contribution in [0.15, 0.2) is 30.3 Å². The molecule has 0 spiro atoms. The van der Waals surface area contributed by atoms with E-state index in [1.54, 1.807) is 13.8 Å². The second-order valence-corrected chi connectivity index (χ2v) is 6.94. The van der Waals surface area contributed by atoms with E-state index in [0.717, 1.165) is 18.4 Å². The summed E-state index contributed by atoms with van der Waals surface area (Å²) in [6, 6.07) is 9.30. The Kier molecular flexibility index (Phi) is 4.71. The summed E-state index contributed by atoms with van der Waals surface area (Å²) >= 11 is 0. The van der Waals surface area contributed by atoms with E-state index in [9.17, 15) is 8.42 Å². The van der Waals surface area contributed by atoms with E-state index >= 15 is 0 Å². The Bertz CT molecular complexity index is 438. The number of sulfonamides is 1. The van der Waals surface area contributed by atoms with Gasteiger partial charge >= 0.3 is 0 Å². The summed E-state index contributed by atoms with van der Waals surface area (Å²) in [7, 11) is -3.34. The molecule has 0 bridgehead atoms. The third kappa shape index (κ3) is 3.30. The van der Waals surface area contributed by atoms with Crippen molar-refractivity contribution in [3.63, 3.8) is 0 Å². The van der Waals surface area contributed by atoms with E-state index in [1.165, 1.54) is 0 Å². The van der Waals surface area contributed by atoms with Gasteiger partial charge in [-0.05, 0) is 25.8 Å². The minimum atomic E-state index is -3.34. The predicted octanol–water partition coefficient (Wildman–Crippen LogP) is 2.64. The Morgan fingerprint density at radius 2 is 1.76 bits per heavy atom. The highest BCUT2D eigenvalue weighted by molar-refractivity contribution is 7.90. The first kappa shape index (κ1) is 14.2. The Balaban J connectivity index is 2.89. The van der Waals surface area contributed by atoms with Crippen LogP contribution in [0.25, 0.3) is 0 Å². The molecule has 1 aromatic rings. The molecule has 96 valence electrons. The van der Waals surface area contributed by atoms with Gasteiger partial charge in [-0.3, -0.25) is 0 Å². The lowest BCUT2D eigenvalue weighted by Crippen LogP contribution is -2.40. The van der Waals surface area contributed by atoms with E-state index in [-0.39, 0.29) is 0 Å². The summed E-state index contributed by atoms with van der Waals surface area (Å²) < 4.78 is 26.2. The summed E-state index contributed by atoms with van der Waals surface area (Å²) in [5.74, 6) is 0. The number of hydrogen-bond donors (Lipinski definition) is 1. The fourth-order valence-electron chi connectivity index (χ4n) is 1.56. The predicted molar refractivity (Wildman–Crippen MR) is 71.3 cm³/mol. The first-order valence-electron chi connectivity index (χ1n) is 5.96. The maximum Gasteiger partial charge on any atom is 0.221 e. The zero-order valence-electron chi connectivity index (χ0n) is 10.7. The molecule has 0 saturated heterocycles. The highest BCUT2D eigenvalue weighted by Gasteiger charge is 2.35. The third-order valence-corrected chi connectivity index (χ3v) is 5.13. The largest absolute Gasteiger partial charge is 0.221 e. The number of hydrogen-bond acceptors (Lipinski definition) is 2. The quantitative estimate of drug-likeness (QED) is 0.794. The Morgan fingerprint density at radius 1 is 1.18 bits per heavy atom. The summed E-state index contributed by atoms with van der Waals surface area (Å²) in [4.78, 5) is 0. The van der Waals surface area contributed by atoms with E-state index in [1.807, 2.05) is 37.3 Å². The molecule has 1 rings (SSSR count). The van der Waals surface area contributed by atoms with Crippen LogP contribution in [0, 0.1) is 0 Å². The molecule has 0 aromatic heterocycles. The Labute approximate surface area is 104 Å². The van der Waals surface area contributed by atoms with Crippen LogP contribution < -0.4 is 4.72 Å². The maximum absolute atomic E-state index is 12.2. The van der Waals surface area contributed by atoms with Crippen LogP contribution in [0.1, 0.15) is 39.2 Å². The topological polar surface area (TPSA) is 46.2 Å². The average molecular weight is 255 g/mol. The van der Waals surface area contributed by atoms with Crippen LogP contribution >= 0.6 is 0 Å². The molecule has 0 aliphatic rings. The van der Waals surface area contributed by atoms with Gasteiger partial charge in [0.05, 0.1) is 0 Å². The van der Waals surface area contributed by atoms with Crippen molar-refractivity contribution >= 4 is 10.0 Å². The molecule has 17 heavy (non-hydrogen) atoms. The number of benzene rings is 1. The lowest BCUT2D eigenvalue weighted by atomic mass is 10.0. The molecule has 1 N–H and O–H groups in total. The molecule has 0 radical (unpaired) electrons. The van der Waals surface area contributed by atoms with Crippen LogP contribution in [-0.2, 0) is 14.8 Å². The standard InChI is InChI=1S/C13H21NO2S/c1-4-5-11-14-17(15,16)13(2,3)12-9-7-6-8-10-12/h6-10,14H,4-5,11H2,1-3H3. The zero-order valence-corrected chi connectivity index (χ0v) is 11.5. The molecular formula is C13H21NO2S. The second-order valence-electron chi connectivity index (χ2n) is 4.63. The van der Waals surface area contributed by atoms with Gasteiger partial charge in [0.25, 0.3) is 0 Å². The molecule has 0 aliphatic heterocycles. The Morgan fingerprint density at radius 3 is 2.29 bits per heavy atom. The minimum absolute atomic E-state index is 0.509. The van der Waals surface area contributed by atoms with Crippen LogP contribution in [-0.4, -0.2) is 15.0 Å². The van der Waals surface area contributed by atoms with Gasteiger partial charge < -0.3 is 0 Å². The average Bonchev–Trinajstić information content (AvgIpc) is 2.30. The van der Waals surface area contributed by atoms with Gasteiger partial charge in [-0.25, -0.2) is 13.1 Å². The minimum Gasteiger partial charge on any atom is -0.214 e. The fraction of sp³-hybridized carbons (Fsp3) is 0.538. The van der Waals surface area contributed by atoms with Gasteiger partial charge in [0.2, 0.25) is 10.0 Å². The second kappa shape index (κ2) is 5.65. The lowest BCUT2D eigenvalue weighted by molar-refractivity contribution is 0.537. The molecule has 0 unspecified atom stereocenters. The first-order valence-corrected chi connectivity index (χ1v) is 7.45. The van der Waals surface area contributed by atoms with Gasteiger partial charge in [-0.2, -0.15) is 0 Å². The summed E-state index contributed by atoms with van der Waals surface area (Å²) in [5, 5.41) is 0. The zero-order chi connectivity index (χ0) is 12.9. The monoisotopic (exact) mass is 255 g/mol. The molecule has 0 amide bonds. The maximum atomic E-state index is 12.2. The van der Waals surface area contributed by atoms with Crippen LogP contribution in [0.5, 0.6) is 0 Å². The normalized spacial score (nSPS) is 12.6. The van der Waals surface area contributed by atoms with E-state index in [0.29, 0.717) is 6.54 Å². The molecule has 0 aliphatic carbocycles. The molecule has 0 fully saturated rings. The van der Waals surface area contributed by atoms with Crippen LogP contribution in [0.4, 0.5) is 0 Å². The lowest BCUT2D eigenvalue weighted by Gasteiger charge is -2.25. The molecule has 1 aromatic carbocycles. The smallest absolute Gasteiger partial charge is 0.214 e. The summed E-state index contributed by atoms with van der Waals surface area (Å²) in [6.45, 7) is 6.01. The van der Waals surface area contributed by atoms with Crippen molar-refractivity contribution in [2.45, 2.75) is 38.4 Å². The number of nitrogens with one attached hydrogen (secondary N) is 1. The van der Waals surface area contributed by atoms with Crippen LogP contribution in [0.3, 0.4) is 0 Å². The van der Waals surface area contributed by atoms with Crippen molar-refractivity contribution < 1.29 is 8.42 Å². The number of unbranched alkanes of at least 4 members (excludes halogenated alkanes) is 1. The van der Waals surface area contributed by atoms with E-state index < -0.39 is 14.8 Å². The van der Waals surface area contributed by atoms with Crippen molar-refractivity contribution in [3.8, 4) is 0 Å². The van der Waals surface area contributed by atoms with Gasteiger partial charge in [0, 0.05) is 6.54 Å². The summed E-state index contributed by atoms with van der Waals surface area (Å²) in [6.07, 6.45) is 1.85. The first-order chi connectivity index (χ1) is 7.92. The molecule has 0 heterocycles. The van der Waals surface area contributed by atoms with Crippen molar-refractivity contribution in [2.24, 2.45) is 0 Å². The van der Waals surface area contributed by atoms with Gasteiger partial charge in [0.1, 0.15) is 4.75 Å². The van der Waals surface area contributed by atoms with E-state index in [4.69, 9.17) is 0 Å². The highest BCUT2D eigenvalue weighted by atomic mass is 32.2. The molecule has 4 heteroatoms. The molecule has 0 saturated carbocycles. The van der Waals surface area contributed by atoms with E-state index in [2.05, 4.69) is 4.72 Å². The summed E-state index contributed by atoms with van der Waals surface area (Å²) in [5.41, 5.74) is 0.809. The highest BCUT2D eigenvalue weighted by Crippen LogP contribution is 2.28. The molecular weight excluding hydrogens is 234 g/mol. The third-order valence-electron chi connectivity index (χ3n) is 2.96. The SMILES string of the molecule is CCCCNS(=O)(=O)C(C)(C)c1ccccc1. The fourth-order valence-corrected chi connectivity index (χ4v) is 2.78. The Hall–Kier alpha value is -0.870. The number of rotatable bonds is 6.